The number of unbranched alkanes of at least 4 members (excludes halogenated alkanes) is 1. The Morgan fingerprint density at radius 3 is 2.65 bits per heavy atom. The van der Waals surface area contributed by atoms with Gasteiger partial charge in [0, 0.05) is 31.4 Å². The van der Waals surface area contributed by atoms with Gasteiger partial charge in [-0.2, -0.15) is 11.8 Å². The van der Waals surface area contributed by atoms with Crippen molar-refractivity contribution in [2.24, 2.45) is 10.9 Å². The van der Waals surface area contributed by atoms with E-state index in [1.807, 2.05) is 18.8 Å². The van der Waals surface area contributed by atoms with Crippen LogP contribution in [-0.2, 0) is 0 Å². The molecule has 4 nitrogen and oxygen atoms in total. The fourth-order valence-electron chi connectivity index (χ4n) is 2.75. The lowest BCUT2D eigenvalue weighted by Crippen LogP contribution is -2.43. The number of hydrogen-bond donors (Lipinski definition) is 2. The molecular formula is C17H37IN4S. The van der Waals surface area contributed by atoms with Crippen molar-refractivity contribution >= 4 is 41.7 Å². The average Bonchev–Trinajstić information content (AvgIpc) is 2.50. The van der Waals surface area contributed by atoms with Gasteiger partial charge in [0.25, 0.3) is 0 Å². The van der Waals surface area contributed by atoms with Crippen molar-refractivity contribution in [3.8, 4) is 0 Å². The maximum Gasteiger partial charge on any atom is 0.191 e. The zero-order valence-corrected chi connectivity index (χ0v) is 18.8. The molecule has 1 aliphatic heterocycles. The number of thioether (sulfide) groups is 1. The highest BCUT2D eigenvalue weighted by molar-refractivity contribution is 14.0. The number of nitrogens with one attached hydrogen (secondary N) is 2. The Hall–Kier alpha value is 0.310. The normalized spacial score (nSPS) is 20.0. The first-order chi connectivity index (χ1) is 10.5. The Morgan fingerprint density at radius 2 is 2.04 bits per heavy atom. The molecule has 1 unspecified atom stereocenters. The van der Waals surface area contributed by atoms with Gasteiger partial charge in [-0.1, -0.05) is 6.92 Å². The number of likely N-dealkylation sites (tertiary alicyclic amines) is 1. The third-order valence-electron chi connectivity index (χ3n) is 4.39. The maximum absolute atomic E-state index is 4.30. The number of aliphatic imine (C=N–C) groups is 1. The third-order valence-corrected chi connectivity index (χ3v) is 5.64. The summed E-state index contributed by atoms with van der Waals surface area (Å²) in [6.07, 6.45) is 7.41. The van der Waals surface area contributed by atoms with Crippen LogP contribution in [0.1, 0.15) is 46.5 Å². The van der Waals surface area contributed by atoms with Crippen LogP contribution >= 0.6 is 35.7 Å². The molecule has 1 rings (SSSR count). The topological polar surface area (TPSA) is 39.7 Å². The number of halogens is 1. The second-order valence-corrected chi connectivity index (χ2v) is 8.58. The average molecular weight is 456 g/mol. The molecule has 0 spiro atoms. The Labute approximate surface area is 165 Å². The second-order valence-electron chi connectivity index (χ2n) is 7.07. The zero-order chi connectivity index (χ0) is 16.4. The van der Waals surface area contributed by atoms with Gasteiger partial charge in [-0.05, 0) is 64.8 Å². The van der Waals surface area contributed by atoms with E-state index in [0.717, 1.165) is 25.0 Å². The Bertz CT molecular complexity index is 337. The molecule has 2 N–H and O–H groups in total. The predicted molar refractivity (Wildman–Crippen MR) is 116 cm³/mol. The minimum absolute atomic E-state index is 0. The summed E-state index contributed by atoms with van der Waals surface area (Å²) in [5, 5.41) is 6.84. The molecule has 1 aliphatic rings. The van der Waals surface area contributed by atoms with E-state index in [-0.39, 0.29) is 28.7 Å². The molecule has 1 saturated heterocycles. The lowest BCUT2D eigenvalue weighted by Gasteiger charge is -2.30. The Balaban J connectivity index is 0.00000484. The first-order valence-corrected chi connectivity index (χ1v) is 9.91. The number of guanidine groups is 1. The maximum atomic E-state index is 4.30. The first-order valence-electron chi connectivity index (χ1n) is 8.69. The van der Waals surface area contributed by atoms with E-state index < -0.39 is 0 Å². The molecule has 0 aromatic carbocycles. The molecule has 1 heterocycles. The Kier molecular flexibility index (Phi) is 12.8. The number of rotatable bonds is 8. The monoisotopic (exact) mass is 456 g/mol. The van der Waals surface area contributed by atoms with Crippen LogP contribution in [0.15, 0.2) is 4.99 Å². The minimum Gasteiger partial charge on any atom is -0.356 e. The van der Waals surface area contributed by atoms with E-state index in [1.54, 1.807) is 0 Å². The van der Waals surface area contributed by atoms with Crippen molar-refractivity contribution in [3.63, 3.8) is 0 Å². The van der Waals surface area contributed by atoms with Crippen molar-refractivity contribution < 1.29 is 0 Å². The van der Waals surface area contributed by atoms with E-state index in [9.17, 15) is 0 Å². The largest absolute Gasteiger partial charge is 0.356 e. The van der Waals surface area contributed by atoms with Crippen LogP contribution in [0.3, 0.4) is 0 Å². The summed E-state index contributed by atoms with van der Waals surface area (Å²) >= 11 is 1.88. The molecule has 0 amide bonds. The van der Waals surface area contributed by atoms with Gasteiger partial charge in [-0.25, -0.2) is 0 Å². The second kappa shape index (κ2) is 12.6. The van der Waals surface area contributed by atoms with Crippen LogP contribution in [0.4, 0.5) is 0 Å². The number of nitrogens with zero attached hydrogens (tertiary/aromatic N) is 2. The van der Waals surface area contributed by atoms with Crippen LogP contribution in [0.5, 0.6) is 0 Å². The quantitative estimate of drug-likeness (QED) is 0.254. The molecule has 0 aromatic rings. The molecule has 23 heavy (non-hydrogen) atoms. The van der Waals surface area contributed by atoms with E-state index >= 15 is 0 Å². The van der Waals surface area contributed by atoms with Crippen molar-refractivity contribution in [2.75, 3.05) is 46.0 Å². The van der Waals surface area contributed by atoms with Gasteiger partial charge in [-0.15, -0.1) is 24.0 Å². The number of hydrogen-bond acceptors (Lipinski definition) is 3. The summed E-state index contributed by atoms with van der Waals surface area (Å²) in [4.78, 5) is 6.92. The van der Waals surface area contributed by atoms with Crippen molar-refractivity contribution in [2.45, 2.75) is 51.2 Å². The van der Waals surface area contributed by atoms with Gasteiger partial charge in [0.2, 0.25) is 0 Å². The van der Waals surface area contributed by atoms with Crippen molar-refractivity contribution in [3.05, 3.63) is 0 Å². The molecular weight excluding hydrogens is 419 g/mol. The Morgan fingerprint density at radius 1 is 1.30 bits per heavy atom. The van der Waals surface area contributed by atoms with Crippen molar-refractivity contribution in [1.29, 1.82) is 0 Å². The molecule has 0 bridgehead atoms. The van der Waals surface area contributed by atoms with Gasteiger partial charge in [0.1, 0.15) is 0 Å². The molecule has 1 atom stereocenters. The molecule has 138 valence electrons. The standard InChI is InChI=1S/C17H36N4S.HI/c1-15-9-8-12-21(13-15)11-7-6-10-19-16(18-4)20-14-17(2,3)22-5;/h15H,6-14H2,1-5H3,(H2,18,19,20);1H. The van der Waals surface area contributed by atoms with E-state index in [4.69, 9.17) is 0 Å². The lowest BCUT2D eigenvalue weighted by atomic mass is 10.0. The van der Waals surface area contributed by atoms with E-state index in [1.165, 1.54) is 45.3 Å². The van der Waals surface area contributed by atoms with E-state index in [2.05, 4.69) is 47.6 Å². The molecule has 1 fully saturated rings. The summed E-state index contributed by atoms with van der Waals surface area (Å²) in [7, 11) is 1.84. The number of piperidine rings is 1. The van der Waals surface area contributed by atoms with Crippen LogP contribution < -0.4 is 10.6 Å². The smallest absolute Gasteiger partial charge is 0.191 e. The minimum atomic E-state index is 0. The lowest BCUT2D eigenvalue weighted by molar-refractivity contribution is 0.181. The molecule has 0 aromatic heterocycles. The molecule has 6 heteroatoms. The van der Waals surface area contributed by atoms with Gasteiger partial charge in [-0.3, -0.25) is 4.99 Å². The summed E-state index contributed by atoms with van der Waals surface area (Å²) in [5.74, 6) is 1.81. The fourth-order valence-corrected chi connectivity index (χ4v) is 2.96. The SMILES string of the molecule is CN=C(NCCCCN1CCCC(C)C1)NCC(C)(C)SC.I. The molecule has 0 saturated carbocycles. The third kappa shape index (κ3) is 10.7. The van der Waals surface area contributed by atoms with Crippen molar-refractivity contribution in [1.82, 2.24) is 15.5 Å². The van der Waals surface area contributed by atoms with Crippen LogP contribution in [0.2, 0.25) is 0 Å². The summed E-state index contributed by atoms with van der Waals surface area (Å²) < 4.78 is 0.239. The summed E-state index contributed by atoms with van der Waals surface area (Å²) in [5.41, 5.74) is 0. The first kappa shape index (κ1) is 23.3. The summed E-state index contributed by atoms with van der Waals surface area (Å²) in [6, 6.07) is 0. The fraction of sp³-hybridized carbons (Fsp3) is 0.941. The van der Waals surface area contributed by atoms with Gasteiger partial charge >= 0.3 is 0 Å². The van der Waals surface area contributed by atoms with Crippen LogP contribution in [0, 0.1) is 5.92 Å². The molecule has 0 aliphatic carbocycles. The van der Waals surface area contributed by atoms with Crippen LogP contribution in [0.25, 0.3) is 0 Å². The summed E-state index contributed by atoms with van der Waals surface area (Å²) in [6.45, 7) is 12.6. The van der Waals surface area contributed by atoms with E-state index in [0.29, 0.717) is 0 Å². The predicted octanol–water partition coefficient (Wildman–Crippen LogP) is 3.42. The highest BCUT2D eigenvalue weighted by atomic mass is 127. The highest BCUT2D eigenvalue weighted by Crippen LogP contribution is 2.19. The van der Waals surface area contributed by atoms with Gasteiger partial charge < -0.3 is 15.5 Å². The van der Waals surface area contributed by atoms with Crippen LogP contribution in [-0.4, -0.2) is 61.6 Å². The van der Waals surface area contributed by atoms with Gasteiger partial charge in [0.15, 0.2) is 5.96 Å². The zero-order valence-electron chi connectivity index (χ0n) is 15.7. The van der Waals surface area contributed by atoms with Gasteiger partial charge in [0.05, 0.1) is 0 Å². The molecule has 0 radical (unpaired) electrons. The highest BCUT2D eigenvalue weighted by Gasteiger charge is 2.16.